The van der Waals surface area contributed by atoms with Crippen LogP contribution in [0.15, 0.2) is 29.3 Å². The first-order chi connectivity index (χ1) is 8.81. The first kappa shape index (κ1) is 12.1. The first-order valence-electron chi connectivity index (χ1n) is 6.84. The Morgan fingerprint density at radius 3 is 2.78 bits per heavy atom. The van der Waals surface area contributed by atoms with E-state index >= 15 is 0 Å². The number of fused-ring (bicyclic) bond motifs is 1. The summed E-state index contributed by atoms with van der Waals surface area (Å²) in [6.07, 6.45) is 5.27. The van der Waals surface area contributed by atoms with Gasteiger partial charge in [0.05, 0.1) is 12.1 Å². The van der Waals surface area contributed by atoms with Crippen molar-refractivity contribution in [1.29, 1.82) is 0 Å². The Kier molecular flexibility index (Phi) is 3.59. The molecule has 0 unspecified atom stereocenters. The van der Waals surface area contributed by atoms with Crippen LogP contribution < -0.4 is 5.32 Å². The van der Waals surface area contributed by atoms with Gasteiger partial charge in [0.25, 0.3) is 0 Å². The van der Waals surface area contributed by atoms with Gasteiger partial charge in [0.15, 0.2) is 5.17 Å². The lowest BCUT2D eigenvalue weighted by Gasteiger charge is -2.23. The lowest BCUT2D eigenvalue weighted by atomic mass is 9.92. The summed E-state index contributed by atoms with van der Waals surface area (Å²) in [7, 11) is 0. The van der Waals surface area contributed by atoms with Crippen molar-refractivity contribution in [2.75, 3.05) is 0 Å². The highest BCUT2D eigenvalue weighted by Gasteiger charge is 2.30. The molecule has 1 aromatic carbocycles. The van der Waals surface area contributed by atoms with Gasteiger partial charge in [-0.15, -0.1) is 0 Å². The van der Waals surface area contributed by atoms with E-state index in [4.69, 9.17) is 4.99 Å². The van der Waals surface area contributed by atoms with Crippen molar-refractivity contribution in [3.8, 4) is 0 Å². The summed E-state index contributed by atoms with van der Waals surface area (Å²) in [6, 6.07) is 9.97. The lowest BCUT2D eigenvalue weighted by molar-refractivity contribution is 0.385. The minimum atomic E-state index is 0.555. The average Bonchev–Trinajstić information content (AvgIpc) is 2.81. The molecule has 0 spiro atoms. The van der Waals surface area contributed by atoms with Crippen molar-refractivity contribution in [1.82, 2.24) is 5.32 Å². The average molecular weight is 260 g/mol. The van der Waals surface area contributed by atoms with Gasteiger partial charge in [0, 0.05) is 5.75 Å². The molecule has 0 radical (unpaired) electrons. The van der Waals surface area contributed by atoms with Crippen molar-refractivity contribution in [3.05, 3.63) is 35.4 Å². The fourth-order valence-corrected chi connectivity index (χ4v) is 3.64. The summed E-state index contributed by atoms with van der Waals surface area (Å²) < 4.78 is 0. The number of hydrogen-bond donors (Lipinski definition) is 1. The minimum Gasteiger partial charge on any atom is -0.360 e. The number of aliphatic imine (C=N–C) groups is 1. The van der Waals surface area contributed by atoms with Crippen molar-refractivity contribution >= 4 is 16.9 Å². The maximum Gasteiger partial charge on any atom is 0.157 e. The Balaban J connectivity index is 1.56. The molecule has 1 N–H and O–H groups in total. The molecule has 0 bridgehead atoms. The van der Waals surface area contributed by atoms with E-state index in [9.17, 15) is 0 Å². The number of hydrogen-bond acceptors (Lipinski definition) is 3. The molecule has 0 saturated heterocycles. The Morgan fingerprint density at radius 2 is 2.00 bits per heavy atom. The van der Waals surface area contributed by atoms with Crippen LogP contribution in [0.2, 0.25) is 0 Å². The third-order valence-corrected chi connectivity index (χ3v) is 4.79. The summed E-state index contributed by atoms with van der Waals surface area (Å²) in [5.74, 6) is 1.02. The van der Waals surface area contributed by atoms with Gasteiger partial charge < -0.3 is 5.32 Å². The van der Waals surface area contributed by atoms with Crippen LogP contribution in [0.25, 0.3) is 0 Å². The third-order valence-electron chi connectivity index (χ3n) is 3.82. The highest BCUT2D eigenvalue weighted by Crippen LogP contribution is 2.27. The monoisotopic (exact) mass is 260 g/mol. The predicted octanol–water partition coefficient (Wildman–Crippen LogP) is 3.50. The summed E-state index contributed by atoms with van der Waals surface area (Å²) in [4.78, 5) is 4.81. The Hall–Kier alpha value is -0.960. The lowest BCUT2D eigenvalue weighted by Crippen LogP contribution is -2.36. The van der Waals surface area contributed by atoms with E-state index in [2.05, 4.69) is 36.5 Å². The van der Waals surface area contributed by atoms with Gasteiger partial charge in [-0.1, -0.05) is 54.4 Å². The van der Waals surface area contributed by atoms with E-state index in [1.807, 2.05) is 11.8 Å². The highest BCUT2D eigenvalue weighted by molar-refractivity contribution is 8.13. The Morgan fingerprint density at radius 1 is 1.22 bits per heavy atom. The fraction of sp³-hybridized carbons (Fsp3) is 0.533. The van der Waals surface area contributed by atoms with E-state index in [0.717, 1.165) is 10.9 Å². The minimum absolute atomic E-state index is 0.555. The van der Waals surface area contributed by atoms with Gasteiger partial charge >= 0.3 is 0 Å². The predicted molar refractivity (Wildman–Crippen MR) is 79.1 cm³/mol. The summed E-state index contributed by atoms with van der Waals surface area (Å²) >= 11 is 1.85. The van der Waals surface area contributed by atoms with Gasteiger partial charge in [-0.2, -0.15) is 0 Å². The molecule has 3 rings (SSSR count). The van der Waals surface area contributed by atoms with Crippen LogP contribution in [0.3, 0.4) is 0 Å². The molecular formula is C15H20N2S. The number of rotatable bonds is 2. The number of benzene rings is 1. The smallest absolute Gasteiger partial charge is 0.157 e. The first-order valence-corrected chi connectivity index (χ1v) is 7.82. The Bertz CT molecular complexity index is 438. The van der Waals surface area contributed by atoms with Gasteiger partial charge in [0.1, 0.15) is 0 Å². The van der Waals surface area contributed by atoms with Crippen LogP contribution in [0.1, 0.15) is 36.8 Å². The largest absolute Gasteiger partial charge is 0.360 e. The molecular weight excluding hydrogens is 240 g/mol. The summed E-state index contributed by atoms with van der Waals surface area (Å²) in [5, 5.41) is 4.75. The molecule has 96 valence electrons. The van der Waals surface area contributed by atoms with Crippen LogP contribution >= 0.6 is 11.8 Å². The van der Waals surface area contributed by atoms with E-state index in [-0.39, 0.29) is 0 Å². The van der Waals surface area contributed by atoms with E-state index < -0.39 is 0 Å². The highest BCUT2D eigenvalue weighted by atomic mass is 32.2. The molecule has 2 nitrogen and oxygen atoms in total. The maximum absolute atomic E-state index is 4.81. The van der Waals surface area contributed by atoms with Gasteiger partial charge in [-0.25, -0.2) is 0 Å². The zero-order chi connectivity index (χ0) is 12.4. The van der Waals surface area contributed by atoms with Crippen molar-refractivity contribution in [2.24, 2.45) is 4.99 Å². The van der Waals surface area contributed by atoms with Gasteiger partial charge in [0.2, 0.25) is 0 Å². The molecule has 1 fully saturated rings. The number of aryl methyl sites for hydroxylation is 1. The maximum atomic E-state index is 4.81. The van der Waals surface area contributed by atoms with Crippen LogP contribution in [-0.4, -0.2) is 17.3 Å². The van der Waals surface area contributed by atoms with Gasteiger partial charge in [-0.3, -0.25) is 4.99 Å². The zero-order valence-corrected chi connectivity index (χ0v) is 11.7. The van der Waals surface area contributed by atoms with Crippen LogP contribution in [0.4, 0.5) is 0 Å². The molecule has 3 heteroatoms. The molecule has 1 heterocycles. The zero-order valence-electron chi connectivity index (χ0n) is 10.9. The van der Waals surface area contributed by atoms with E-state index in [1.165, 1.54) is 36.8 Å². The molecule has 1 aliphatic carbocycles. The normalized spacial score (nSPS) is 26.4. The number of amidine groups is 1. The van der Waals surface area contributed by atoms with E-state index in [1.54, 1.807) is 0 Å². The molecule has 18 heavy (non-hydrogen) atoms. The molecule has 0 aromatic heterocycles. The standard InChI is InChI=1S/C15H20N2S/c1-11-6-8-12(9-7-11)10-18-15-16-13-4-2-3-5-14(13)17-15/h6-9,13-14H,2-5,10H2,1H3,(H,16,17)/t13-,14+. The molecule has 1 aliphatic heterocycles. The quantitative estimate of drug-likeness (QED) is 0.880. The van der Waals surface area contributed by atoms with Crippen molar-refractivity contribution in [2.45, 2.75) is 50.4 Å². The Labute approximate surface area is 113 Å². The number of thioether (sulfide) groups is 1. The molecule has 1 saturated carbocycles. The van der Waals surface area contributed by atoms with Crippen LogP contribution in [-0.2, 0) is 5.75 Å². The molecule has 1 aromatic rings. The summed E-state index contributed by atoms with van der Waals surface area (Å²) in [5.41, 5.74) is 2.70. The van der Waals surface area contributed by atoms with Crippen LogP contribution in [0.5, 0.6) is 0 Å². The SMILES string of the molecule is Cc1ccc(CSC2=N[C@@H]3CCCC[C@@H]3N2)cc1. The van der Waals surface area contributed by atoms with Crippen molar-refractivity contribution in [3.63, 3.8) is 0 Å². The molecule has 2 atom stereocenters. The van der Waals surface area contributed by atoms with Gasteiger partial charge in [-0.05, 0) is 25.3 Å². The van der Waals surface area contributed by atoms with Crippen molar-refractivity contribution < 1.29 is 0 Å². The molecule has 0 amide bonds. The topological polar surface area (TPSA) is 24.4 Å². The fourth-order valence-electron chi connectivity index (χ4n) is 2.70. The second-order valence-electron chi connectivity index (χ2n) is 5.31. The van der Waals surface area contributed by atoms with E-state index in [0.29, 0.717) is 12.1 Å². The second-order valence-corrected chi connectivity index (χ2v) is 6.28. The van der Waals surface area contributed by atoms with Crippen LogP contribution in [0, 0.1) is 6.92 Å². The summed E-state index contributed by atoms with van der Waals surface area (Å²) in [6.45, 7) is 2.13. The number of nitrogens with one attached hydrogen (secondary N) is 1. The molecule has 2 aliphatic rings. The number of nitrogens with zero attached hydrogens (tertiary/aromatic N) is 1. The second kappa shape index (κ2) is 5.35. The third kappa shape index (κ3) is 2.72.